The van der Waals surface area contributed by atoms with Crippen molar-refractivity contribution >= 4 is 11.6 Å². The summed E-state index contributed by atoms with van der Waals surface area (Å²) < 4.78 is 0. The number of hydrogen-bond acceptors (Lipinski definition) is 4. The average Bonchev–Trinajstić information content (AvgIpc) is 2.67. The van der Waals surface area contributed by atoms with Crippen LogP contribution in [-0.2, 0) is 0 Å². The minimum atomic E-state index is 0.624. The van der Waals surface area contributed by atoms with Crippen LogP contribution in [0.15, 0.2) is 12.4 Å². The standard InChI is InChI=1S/C13H22N4/c1-14-12-9-15-10-13(16-12)17(2)11-7-5-3-4-6-8-11/h9-11H,3-8H2,1-2H3,(H,14,16). The van der Waals surface area contributed by atoms with E-state index in [0.717, 1.165) is 11.6 Å². The molecule has 0 radical (unpaired) electrons. The van der Waals surface area contributed by atoms with Gasteiger partial charge in [-0.05, 0) is 12.8 Å². The van der Waals surface area contributed by atoms with E-state index < -0.39 is 0 Å². The Kier molecular flexibility index (Phi) is 4.18. The molecule has 0 saturated heterocycles. The van der Waals surface area contributed by atoms with Crippen LogP contribution >= 0.6 is 0 Å². The van der Waals surface area contributed by atoms with Crippen LogP contribution in [0.5, 0.6) is 0 Å². The largest absolute Gasteiger partial charge is 0.372 e. The van der Waals surface area contributed by atoms with Crippen LogP contribution in [0.25, 0.3) is 0 Å². The molecule has 0 atom stereocenters. The molecule has 0 bridgehead atoms. The predicted octanol–water partition coefficient (Wildman–Crippen LogP) is 2.68. The van der Waals surface area contributed by atoms with Crippen molar-refractivity contribution in [3.05, 3.63) is 12.4 Å². The fourth-order valence-corrected chi connectivity index (χ4v) is 2.48. The molecule has 1 aliphatic rings. The number of hydrogen-bond donors (Lipinski definition) is 1. The van der Waals surface area contributed by atoms with Crippen LogP contribution in [0.1, 0.15) is 38.5 Å². The van der Waals surface area contributed by atoms with Crippen molar-refractivity contribution in [3.8, 4) is 0 Å². The van der Waals surface area contributed by atoms with Gasteiger partial charge in [0.15, 0.2) is 0 Å². The third-order valence-corrected chi connectivity index (χ3v) is 3.61. The normalized spacial score (nSPS) is 17.5. The smallest absolute Gasteiger partial charge is 0.149 e. The number of rotatable bonds is 3. The molecule has 4 heteroatoms. The van der Waals surface area contributed by atoms with Gasteiger partial charge in [0.2, 0.25) is 0 Å². The molecule has 0 unspecified atom stereocenters. The minimum absolute atomic E-state index is 0.624. The maximum Gasteiger partial charge on any atom is 0.149 e. The zero-order valence-electron chi connectivity index (χ0n) is 10.8. The first kappa shape index (κ1) is 12.1. The first-order chi connectivity index (χ1) is 8.31. The van der Waals surface area contributed by atoms with Gasteiger partial charge < -0.3 is 10.2 Å². The molecule has 1 aliphatic carbocycles. The van der Waals surface area contributed by atoms with E-state index in [1.54, 1.807) is 6.20 Å². The Morgan fingerprint density at radius 2 is 1.88 bits per heavy atom. The summed E-state index contributed by atoms with van der Waals surface area (Å²) in [6.45, 7) is 0. The van der Waals surface area contributed by atoms with Gasteiger partial charge in [-0.3, -0.25) is 4.98 Å². The summed E-state index contributed by atoms with van der Waals surface area (Å²) in [5.41, 5.74) is 0. The Morgan fingerprint density at radius 3 is 2.53 bits per heavy atom. The van der Waals surface area contributed by atoms with Crippen LogP contribution in [0, 0.1) is 0 Å². The lowest BCUT2D eigenvalue weighted by atomic mass is 10.1. The van der Waals surface area contributed by atoms with Crippen LogP contribution in [0.2, 0.25) is 0 Å². The topological polar surface area (TPSA) is 41.1 Å². The van der Waals surface area contributed by atoms with Gasteiger partial charge in [0, 0.05) is 20.1 Å². The molecule has 0 aromatic carbocycles. The van der Waals surface area contributed by atoms with Gasteiger partial charge in [-0.2, -0.15) is 0 Å². The van der Waals surface area contributed by atoms with Crippen LogP contribution in [-0.4, -0.2) is 30.1 Å². The SMILES string of the molecule is CNc1cncc(N(C)C2CCCCCC2)n1. The predicted molar refractivity (Wildman–Crippen MR) is 71.5 cm³/mol. The number of nitrogens with one attached hydrogen (secondary N) is 1. The first-order valence-electron chi connectivity index (χ1n) is 6.54. The highest BCUT2D eigenvalue weighted by atomic mass is 15.2. The molecule has 2 rings (SSSR count). The minimum Gasteiger partial charge on any atom is -0.372 e. The summed E-state index contributed by atoms with van der Waals surface area (Å²) in [4.78, 5) is 11.1. The van der Waals surface area contributed by atoms with E-state index in [2.05, 4.69) is 27.2 Å². The Balaban J connectivity index is 2.08. The van der Waals surface area contributed by atoms with E-state index in [9.17, 15) is 0 Å². The highest BCUT2D eigenvalue weighted by Crippen LogP contribution is 2.24. The highest BCUT2D eigenvalue weighted by Gasteiger charge is 2.18. The molecule has 4 nitrogen and oxygen atoms in total. The lowest BCUT2D eigenvalue weighted by molar-refractivity contribution is 0.549. The fraction of sp³-hybridized carbons (Fsp3) is 0.692. The van der Waals surface area contributed by atoms with Gasteiger partial charge in [-0.15, -0.1) is 0 Å². The van der Waals surface area contributed by atoms with E-state index in [-0.39, 0.29) is 0 Å². The lowest BCUT2D eigenvalue weighted by Gasteiger charge is -2.28. The molecular formula is C13H22N4. The molecule has 0 aliphatic heterocycles. The average molecular weight is 234 g/mol. The third kappa shape index (κ3) is 3.08. The summed E-state index contributed by atoms with van der Waals surface area (Å²) in [7, 11) is 4.01. The van der Waals surface area contributed by atoms with Crippen LogP contribution in [0.4, 0.5) is 11.6 Å². The number of aromatic nitrogens is 2. The van der Waals surface area contributed by atoms with Crippen molar-refractivity contribution < 1.29 is 0 Å². The zero-order valence-corrected chi connectivity index (χ0v) is 10.8. The van der Waals surface area contributed by atoms with Gasteiger partial charge in [-0.25, -0.2) is 4.98 Å². The molecule has 1 aromatic rings. The van der Waals surface area contributed by atoms with Gasteiger partial charge in [0.1, 0.15) is 11.6 Å². The molecule has 1 saturated carbocycles. The van der Waals surface area contributed by atoms with Gasteiger partial charge in [-0.1, -0.05) is 25.7 Å². The summed E-state index contributed by atoms with van der Waals surface area (Å²) in [6.07, 6.45) is 11.6. The molecule has 94 valence electrons. The quantitative estimate of drug-likeness (QED) is 0.816. The second-order valence-electron chi connectivity index (χ2n) is 4.77. The van der Waals surface area contributed by atoms with E-state index in [0.29, 0.717) is 6.04 Å². The summed E-state index contributed by atoms with van der Waals surface area (Å²) in [5.74, 6) is 1.81. The molecule has 17 heavy (non-hydrogen) atoms. The Hall–Kier alpha value is -1.32. The monoisotopic (exact) mass is 234 g/mol. The van der Waals surface area contributed by atoms with Gasteiger partial charge in [0.25, 0.3) is 0 Å². The number of nitrogens with zero attached hydrogens (tertiary/aromatic N) is 3. The second kappa shape index (κ2) is 5.84. The molecule has 0 spiro atoms. The summed E-state index contributed by atoms with van der Waals surface area (Å²) in [6, 6.07) is 0.624. The molecule has 1 N–H and O–H groups in total. The first-order valence-corrected chi connectivity index (χ1v) is 6.54. The van der Waals surface area contributed by atoms with Crippen molar-refractivity contribution in [1.82, 2.24) is 9.97 Å². The van der Waals surface area contributed by atoms with Crippen molar-refractivity contribution in [3.63, 3.8) is 0 Å². The van der Waals surface area contributed by atoms with Crippen LogP contribution in [0.3, 0.4) is 0 Å². The van der Waals surface area contributed by atoms with E-state index in [4.69, 9.17) is 0 Å². The van der Waals surface area contributed by atoms with Gasteiger partial charge in [0.05, 0.1) is 12.4 Å². The van der Waals surface area contributed by atoms with Crippen molar-refractivity contribution in [2.75, 3.05) is 24.3 Å². The summed E-state index contributed by atoms with van der Waals surface area (Å²) >= 11 is 0. The third-order valence-electron chi connectivity index (χ3n) is 3.61. The molecular weight excluding hydrogens is 212 g/mol. The summed E-state index contributed by atoms with van der Waals surface area (Å²) in [5, 5.41) is 3.04. The van der Waals surface area contributed by atoms with E-state index in [1.165, 1.54) is 38.5 Å². The molecule has 1 heterocycles. The maximum atomic E-state index is 4.55. The van der Waals surface area contributed by atoms with Gasteiger partial charge >= 0.3 is 0 Å². The van der Waals surface area contributed by atoms with Crippen molar-refractivity contribution in [2.24, 2.45) is 0 Å². The Bertz CT molecular complexity index is 345. The van der Waals surface area contributed by atoms with Crippen LogP contribution < -0.4 is 10.2 Å². The highest BCUT2D eigenvalue weighted by molar-refractivity contribution is 5.43. The van der Waals surface area contributed by atoms with E-state index in [1.807, 2.05) is 13.2 Å². The Labute approximate surface area is 103 Å². The second-order valence-corrected chi connectivity index (χ2v) is 4.77. The lowest BCUT2D eigenvalue weighted by Crippen LogP contribution is -2.31. The van der Waals surface area contributed by atoms with E-state index >= 15 is 0 Å². The fourth-order valence-electron chi connectivity index (χ4n) is 2.48. The molecule has 1 fully saturated rings. The zero-order chi connectivity index (χ0) is 12.1. The number of anilines is 2. The molecule has 1 aromatic heterocycles. The van der Waals surface area contributed by atoms with Crippen molar-refractivity contribution in [1.29, 1.82) is 0 Å². The molecule has 0 amide bonds. The maximum absolute atomic E-state index is 4.55. The van der Waals surface area contributed by atoms with Crippen molar-refractivity contribution in [2.45, 2.75) is 44.6 Å². The Morgan fingerprint density at radius 1 is 1.18 bits per heavy atom.